The molecule has 0 aliphatic carbocycles. The lowest BCUT2D eigenvalue weighted by Crippen LogP contribution is -2.42. The highest BCUT2D eigenvalue weighted by Crippen LogP contribution is 2.23. The largest absolute Gasteiger partial charge is 0.497 e. The van der Waals surface area contributed by atoms with E-state index in [1.54, 1.807) is 7.11 Å². The first kappa shape index (κ1) is 17.9. The summed E-state index contributed by atoms with van der Waals surface area (Å²) >= 11 is 0. The molecule has 0 bridgehead atoms. The summed E-state index contributed by atoms with van der Waals surface area (Å²) in [6.45, 7) is 4.39. The summed E-state index contributed by atoms with van der Waals surface area (Å²) in [5.41, 5.74) is 2.04. The highest BCUT2D eigenvalue weighted by atomic mass is 16.5. The molecule has 142 valence electrons. The molecular weight excluding hydrogens is 340 g/mol. The second kappa shape index (κ2) is 8.01. The minimum Gasteiger partial charge on any atom is -0.497 e. The average Bonchev–Trinajstić information content (AvgIpc) is 3.15. The van der Waals surface area contributed by atoms with Crippen molar-refractivity contribution in [3.63, 3.8) is 0 Å². The monoisotopic (exact) mass is 366 g/mol. The Kier molecular flexibility index (Phi) is 5.30. The van der Waals surface area contributed by atoms with Crippen LogP contribution in [0.5, 0.6) is 11.5 Å². The number of carbonyl (C=O) groups is 1. The molecule has 1 fully saturated rings. The van der Waals surface area contributed by atoms with E-state index in [0.29, 0.717) is 0 Å². The zero-order valence-electron chi connectivity index (χ0n) is 15.8. The fourth-order valence-electron chi connectivity index (χ4n) is 3.91. The van der Waals surface area contributed by atoms with Crippen LogP contribution >= 0.6 is 0 Å². The van der Waals surface area contributed by atoms with Gasteiger partial charge in [-0.1, -0.05) is 24.3 Å². The predicted molar refractivity (Wildman–Crippen MR) is 105 cm³/mol. The summed E-state index contributed by atoms with van der Waals surface area (Å²) in [4.78, 5) is 17.0. The molecule has 0 unspecified atom stereocenters. The number of ether oxygens (including phenoxy) is 2. The fraction of sp³-hybridized carbons (Fsp3) is 0.409. The van der Waals surface area contributed by atoms with Crippen molar-refractivity contribution in [1.29, 1.82) is 0 Å². The first-order valence-electron chi connectivity index (χ1n) is 9.63. The summed E-state index contributed by atoms with van der Waals surface area (Å²) in [7, 11) is 1.66. The van der Waals surface area contributed by atoms with E-state index in [1.165, 1.54) is 5.56 Å². The van der Waals surface area contributed by atoms with E-state index in [4.69, 9.17) is 9.47 Å². The Morgan fingerprint density at radius 1 is 1.04 bits per heavy atom. The Bertz CT molecular complexity index is 808. The lowest BCUT2D eigenvalue weighted by Gasteiger charge is -2.30. The highest BCUT2D eigenvalue weighted by Gasteiger charge is 2.27. The van der Waals surface area contributed by atoms with Gasteiger partial charge in [0.05, 0.1) is 7.11 Å². The lowest BCUT2D eigenvalue weighted by molar-refractivity contribution is 0.0722. The van der Waals surface area contributed by atoms with Crippen LogP contribution in [0, 0.1) is 0 Å². The molecule has 27 heavy (non-hydrogen) atoms. The van der Waals surface area contributed by atoms with Gasteiger partial charge in [-0.15, -0.1) is 0 Å². The molecule has 2 heterocycles. The van der Waals surface area contributed by atoms with E-state index in [0.717, 1.165) is 62.6 Å². The number of hydrogen-bond donors (Lipinski definition) is 0. The minimum atomic E-state index is 0.167. The van der Waals surface area contributed by atoms with E-state index in [2.05, 4.69) is 11.0 Å². The van der Waals surface area contributed by atoms with Gasteiger partial charge in [-0.3, -0.25) is 9.69 Å². The zero-order valence-corrected chi connectivity index (χ0v) is 15.8. The van der Waals surface area contributed by atoms with Gasteiger partial charge in [-0.2, -0.15) is 0 Å². The van der Waals surface area contributed by atoms with Crippen molar-refractivity contribution >= 4 is 5.91 Å². The number of methoxy groups -OCH3 is 1. The molecule has 0 saturated carbocycles. The first-order valence-corrected chi connectivity index (χ1v) is 9.63. The molecule has 0 spiro atoms. The van der Waals surface area contributed by atoms with E-state index in [-0.39, 0.29) is 12.0 Å². The molecule has 1 saturated heterocycles. The zero-order chi connectivity index (χ0) is 18.6. The van der Waals surface area contributed by atoms with Crippen molar-refractivity contribution in [2.45, 2.75) is 18.9 Å². The maximum atomic E-state index is 12.7. The van der Waals surface area contributed by atoms with Crippen LogP contribution in [0.4, 0.5) is 0 Å². The number of rotatable bonds is 6. The number of hydrogen-bond acceptors (Lipinski definition) is 4. The van der Waals surface area contributed by atoms with Crippen LogP contribution in [0.3, 0.4) is 0 Å². The van der Waals surface area contributed by atoms with Gasteiger partial charge in [0.1, 0.15) is 17.6 Å². The van der Waals surface area contributed by atoms with Gasteiger partial charge in [0.2, 0.25) is 0 Å². The molecule has 0 radical (unpaired) electrons. The third-order valence-electron chi connectivity index (χ3n) is 5.45. The summed E-state index contributed by atoms with van der Waals surface area (Å²) < 4.78 is 11.4. The Hall–Kier alpha value is -2.53. The summed E-state index contributed by atoms with van der Waals surface area (Å²) in [6, 6.07) is 15.7. The minimum absolute atomic E-state index is 0.167. The molecule has 0 N–H and O–H groups in total. The maximum absolute atomic E-state index is 12.7. The summed E-state index contributed by atoms with van der Waals surface area (Å²) in [5.74, 6) is 1.83. The van der Waals surface area contributed by atoms with Crippen molar-refractivity contribution in [1.82, 2.24) is 9.80 Å². The van der Waals surface area contributed by atoms with Crippen LogP contribution in [-0.4, -0.2) is 61.6 Å². The summed E-state index contributed by atoms with van der Waals surface area (Å²) in [6.07, 6.45) is 2.15. The number of carbonyl (C=O) groups excluding carboxylic acids is 1. The molecule has 5 nitrogen and oxygen atoms in total. The molecule has 2 aliphatic heterocycles. The second-order valence-corrected chi connectivity index (χ2v) is 7.21. The van der Waals surface area contributed by atoms with Gasteiger partial charge >= 0.3 is 0 Å². The van der Waals surface area contributed by atoms with Crippen LogP contribution in [0.1, 0.15) is 22.3 Å². The van der Waals surface area contributed by atoms with E-state index >= 15 is 0 Å². The number of likely N-dealkylation sites (tertiary alicyclic amines) is 1. The third kappa shape index (κ3) is 4.08. The van der Waals surface area contributed by atoms with Crippen molar-refractivity contribution < 1.29 is 14.3 Å². The average molecular weight is 366 g/mol. The predicted octanol–water partition coefficient (Wildman–Crippen LogP) is 2.85. The maximum Gasteiger partial charge on any atom is 0.254 e. The lowest BCUT2D eigenvalue weighted by atomic mass is 9.99. The van der Waals surface area contributed by atoms with Crippen molar-refractivity contribution in [2.24, 2.45) is 0 Å². The topological polar surface area (TPSA) is 42.0 Å². The van der Waals surface area contributed by atoms with Gasteiger partial charge in [0.25, 0.3) is 5.91 Å². The Morgan fingerprint density at radius 3 is 2.78 bits per heavy atom. The molecular formula is C22H26N2O3. The molecule has 5 heteroatoms. The normalized spacial score (nSPS) is 19.8. The molecule has 1 amide bonds. The first-order chi connectivity index (χ1) is 13.2. The molecule has 1 atom stereocenters. The Morgan fingerprint density at radius 2 is 1.89 bits per heavy atom. The van der Waals surface area contributed by atoms with Crippen molar-refractivity contribution in [2.75, 3.05) is 39.8 Å². The van der Waals surface area contributed by atoms with E-state index in [1.807, 2.05) is 47.4 Å². The number of amides is 1. The van der Waals surface area contributed by atoms with Crippen molar-refractivity contribution in [3.8, 4) is 11.5 Å². The van der Waals surface area contributed by atoms with Crippen LogP contribution in [0.2, 0.25) is 0 Å². The van der Waals surface area contributed by atoms with Gasteiger partial charge in [0.15, 0.2) is 0 Å². The van der Waals surface area contributed by atoms with Crippen molar-refractivity contribution in [3.05, 3.63) is 59.7 Å². The number of benzene rings is 2. The Balaban J connectivity index is 1.27. The van der Waals surface area contributed by atoms with E-state index in [9.17, 15) is 4.79 Å². The highest BCUT2D eigenvalue weighted by molar-refractivity contribution is 5.96. The van der Waals surface area contributed by atoms with Gasteiger partial charge in [-0.25, -0.2) is 0 Å². The van der Waals surface area contributed by atoms with Crippen LogP contribution in [0.25, 0.3) is 0 Å². The quantitative estimate of drug-likeness (QED) is 0.788. The molecule has 2 aromatic carbocycles. The van der Waals surface area contributed by atoms with Crippen LogP contribution in [0.15, 0.2) is 48.5 Å². The molecule has 4 rings (SSSR count). The molecule has 2 aliphatic rings. The van der Waals surface area contributed by atoms with Gasteiger partial charge in [-0.05, 0) is 36.6 Å². The fourth-order valence-corrected chi connectivity index (χ4v) is 3.91. The van der Waals surface area contributed by atoms with Gasteiger partial charge < -0.3 is 14.4 Å². The van der Waals surface area contributed by atoms with E-state index < -0.39 is 0 Å². The third-order valence-corrected chi connectivity index (χ3v) is 5.45. The van der Waals surface area contributed by atoms with Crippen LogP contribution in [-0.2, 0) is 6.42 Å². The van der Waals surface area contributed by atoms with Crippen LogP contribution < -0.4 is 9.47 Å². The standard InChI is InChI=1S/C22H26N2O3/c1-26-18-6-4-7-19(15-18)27-20-10-11-23(16-20)13-14-24-12-9-17-5-2-3-8-21(17)22(24)25/h2-8,15,20H,9-14,16H2,1H3/t20-/m1/s1. The number of nitrogens with zero attached hydrogens (tertiary/aromatic N) is 2. The van der Waals surface area contributed by atoms with Gasteiger partial charge in [0, 0.05) is 44.4 Å². The second-order valence-electron chi connectivity index (χ2n) is 7.21. The SMILES string of the molecule is COc1cccc(O[C@@H]2CCN(CCN3CCc4ccccc4C3=O)C2)c1. The molecule has 0 aromatic heterocycles. The Labute approximate surface area is 160 Å². The smallest absolute Gasteiger partial charge is 0.254 e. The number of fused-ring (bicyclic) bond motifs is 1. The molecule has 2 aromatic rings. The summed E-state index contributed by atoms with van der Waals surface area (Å²) in [5, 5.41) is 0.